The SMILES string of the molecule is COC(=O)C1=C(C)Nc2c(c(-c3cc(Cl)cc(Cl)c3)nn2C)C1c1cccc([N+](=O)[O-])c1. The van der Waals surface area contributed by atoms with Gasteiger partial charge in [-0.05, 0) is 30.7 Å². The third-order valence-electron chi connectivity index (χ3n) is 5.33. The van der Waals surface area contributed by atoms with Crippen molar-refractivity contribution >= 4 is 40.7 Å². The lowest BCUT2D eigenvalue weighted by molar-refractivity contribution is -0.384. The van der Waals surface area contributed by atoms with Crippen LogP contribution in [0.1, 0.15) is 24.0 Å². The molecule has 0 radical (unpaired) electrons. The molecule has 0 fully saturated rings. The van der Waals surface area contributed by atoms with Gasteiger partial charge >= 0.3 is 5.97 Å². The van der Waals surface area contributed by atoms with Crippen molar-refractivity contribution in [2.45, 2.75) is 12.8 Å². The molecule has 1 aromatic heterocycles. The Morgan fingerprint density at radius 3 is 2.53 bits per heavy atom. The Kier molecular flexibility index (Phi) is 5.66. The number of aromatic nitrogens is 2. The second-order valence-corrected chi connectivity index (χ2v) is 8.21. The highest BCUT2D eigenvalue weighted by Gasteiger charge is 2.38. The summed E-state index contributed by atoms with van der Waals surface area (Å²) < 4.78 is 6.71. The van der Waals surface area contributed by atoms with Crippen LogP contribution in [0.4, 0.5) is 11.5 Å². The number of fused-ring (bicyclic) bond motifs is 1. The molecule has 3 aromatic rings. The van der Waals surface area contributed by atoms with Gasteiger partial charge in [0.1, 0.15) is 5.82 Å². The van der Waals surface area contributed by atoms with E-state index in [0.29, 0.717) is 49.5 Å². The molecule has 164 valence electrons. The highest BCUT2D eigenvalue weighted by Crippen LogP contribution is 2.47. The van der Waals surface area contributed by atoms with E-state index in [2.05, 4.69) is 10.4 Å². The zero-order chi connectivity index (χ0) is 23.2. The Morgan fingerprint density at radius 2 is 1.91 bits per heavy atom. The van der Waals surface area contributed by atoms with Crippen molar-refractivity contribution in [3.8, 4) is 11.3 Å². The van der Waals surface area contributed by atoms with Crippen molar-refractivity contribution in [2.75, 3.05) is 12.4 Å². The molecule has 1 aliphatic heterocycles. The third-order valence-corrected chi connectivity index (χ3v) is 5.76. The van der Waals surface area contributed by atoms with Crippen molar-refractivity contribution in [1.29, 1.82) is 0 Å². The predicted molar refractivity (Wildman–Crippen MR) is 122 cm³/mol. The van der Waals surface area contributed by atoms with Crippen LogP contribution in [0.3, 0.4) is 0 Å². The molecule has 8 nitrogen and oxygen atoms in total. The topological polar surface area (TPSA) is 99.3 Å². The number of carbonyl (C=O) groups is 1. The maximum absolute atomic E-state index is 12.8. The van der Waals surface area contributed by atoms with Crippen molar-refractivity contribution in [3.05, 3.63) is 85.0 Å². The van der Waals surface area contributed by atoms with Crippen LogP contribution in [0, 0.1) is 10.1 Å². The van der Waals surface area contributed by atoms with Crippen LogP contribution in [0.5, 0.6) is 0 Å². The minimum Gasteiger partial charge on any atom is -0.466 e. The number of aryl methyl sites for hydroxylation is 1. The van der Waals surface area contributed by atoms with Gasteiger partial charge in [0.2, 0.25) is 0 Å². The quantitative estimate of drug-likeness (QED) is 0.313. The summed E-state index contributed by atoms with van der Waals surface area (Å²) in [6.07, 6.45) is 0. The normalized spacial score (nSPS) is 15.2. The van der Waals surface area contributed by atoms with Crippen molar-refractivity contribution < 1.29 is 14.5 Å². The van der Waals surface area contributed by atoms with Crippen LogP contribution in [0.2, 0.25) is 10.0 Å². The van der Waals surface area contributed by atoms with Gasteiger partial charge in [0, 0.05) is 52.0 Å². The first-order valence-corrected chi connectivity index (χ1v) is 10.3. The third kappa shape index (κ3) is 3.72. The van der Waals surface area contributed by atoms with Crippen LogP contribution in [-0.4, -0.2) is 27.8 Å². The Morgan fingerprint density at radius 1 is 1.22 bits per heavy atom. The van der Waals surface area contributed by atoms with Crippen LogP contribution in [0.25, 0.3) is 11.3 Å². The Bertz CT molecular complexity index is 1280. The molecule has 0 bridgehead atoms. The van der Waals surface area contributed by atoms with E-state index < -0.39 is 16.8 Å². The average molecular weight is 473 g/mol. The van der Waals surface area contributed by atoms with E-state index in [-0.39, 0.29) is 5.69 Å². The Balaban J connectivity index is 2.04. The number of rotatable bonds is 4. The molecule has 10 heteroatoms. The number of methoxy groups -OCH3 is 1. The molecule has 0 amide bonds. The first-order valence-electron chi connectivity index (χ1n) is 9.55. The molecule has 1 aliphatic rings. The number of benzene rings is 2. The molecule has 0 saturated heterocycles. The van der Waals surface area contributed by atoms with Gasteiger partial charge in [-0.1, -0.05) is 35.3 Å². The van der Waals surface area contributed by atoms with Gasteiger partial charge in [0.15, 0.2) is 0 Å². The van der Waals surface area contributed by atoms with E-state index >= 15 is 0 Å². The summed E-state index contributed by atoms with van der Waals surface area (Å²) >= 11 is 12.5. The minimum atomic E-state index is -0.667. The predicted octanol–water partition coefficient (Wildman–Crippen LogP) is 5.31. The highest BCUT2D eigenvalue weighted by molar-refractivity contribution is 6.35. The molecule has 4 rings (SSSR count). The van der Waals surface area contributed by atoms with Crippen LogP contribution < -0.4 is 5.32 Å². The van der Waals surface area contributed by atoms with Crippen LogP contribution in [-0.2, 0) is 16.6 Å². The summed E-state index contributed by atoms with van der Waals surface area (Å²) in [5.74, 6) is -0.561. The number of nitrogens with one attached hydrogen (secondary N) is 1. The van der Waals surface area contributed by atoms with E-state index in [4.69, 9.17) is 27.9 Å². The van der Waals surface area contributed by atoms with Crippen LogP contribution in [0.15, 0.2) is 53.7 Å². The van der Waals surface area contributed by atoms with Crippen molar-refractivity contribution in [2.24, 2.45) is 7.05 Å². The monoisotopic (exact) mass is 472 g/mol. The van der Waals surface area contributed by atoms with E-state index in [1.807, 2.05) is 0 Å². The van der Waals surface area contributed by atoms with Crippen molar-refractivity contribution in [3.63, 3.8) is 0 Å². The van der Waals surface area contributed by atoms with E-state index in [9.17, 15) is 14.9 Å². The molecule has 0 saturated carbocycles. The average Bonchev–Trinajstić information content (AvgIpc) is 3.07. The number of hydrogen-bond acceptors (Lipinski definition) is 6. The lowest BCUT2D eigenvalue weighted by Gasteiger charge is -2.28. The smallest absolute Gasteiger partial charge is 0.336 e. The highest BCUT2D eigenvalue weighted by atomic mass is 35.5. The Hall–Kier alpha value is -3.36. The first kappa shape index (κ1) is 21.9. The molecule has 0 aliphatic carbocycles. The van der Waals surface area contributed by atoms with Crippen LogP contribution >= 0.6 is 23.2 Å². The lowest BCUT2D eigenvalue weighted by atomic mass is 9.80. The number of nitrogens with zero attached hydrogens (tertiary/aromatic N) is 3. The number of carbonyl (C=O) groups excluding carboxylic acids is 1. The number of nitro groups is 1. The zero-order valence-corrected chi connectivity index (χ0v) is 18.9. The fourth-order valence-electron chi connectivity index (χ4n) is 4.00. The van der Waals surface area contributed by atoms with Gasteiger partial charge in [-0.3, -0.25) is 14.8 Å². The minimum absolute atomic E-state index is 0.0827. The first-order chi connectivity index (χ1) is 15.2. The molecule has 0 spiro atoms. The second-order valence-electron chi connectivity index (χ2n) is 7.33. The van der Waals surface area contributed by atoms with Gasteiger partial charge in [-0.25, -0.2) is 4.79 Å². The molecular weight excluding hydrogens is 455 g/mol. The second kappa shape index (κ2) is 8.29. The van der Waals surface area contributed by atoms with Gasteiger partial charge in [0.25, 0.3) is 5.69 Å². The van der Waals surface area contributed by atoms with Gasteiger partial charge < -0.3 is 10.1 Å². The summed E-state index contributed by atoms with van der Waals surface area (Å²) in [5, 5.41) is 20.2. The maximum Gasteiger partial charge on any atom is 0.336 e. The number of anilines is 1. The Labute approximate surface area is 193 Å². The molecule has 1 atom stereocenters. The molecule has 1 unspecified atom stereocenters. The summed E-state index contributed by atoms with van der Waals surface area (Å²) in [7, 11) is 3.06. The summed E-state index contributed by atoms with van der Waals surface area (Å²) in [6, 6.07) is 11.3. The van der Waals surface area contributed by atoms with Crippen molar-refractivity contribution in [1.82, 2.24) is 9.78 Å². The fraction of sp³-hybridized carbons (Fsp3) is 0.182. The molecular formula is C22H18Cl2N4O4. The summed E-state index contributed by atoms with van der Waals surface area (Å²) in [5.41, 5.74) is 3.25. The van der Waals surface area contributed by atoms with Gasteiger partial charge in [-0.2, -0.15) is 5.10 Å². The zero-order valence-electron chi connectivity index (χ0n) is 17.3. The molecule has 2 aromatic carbocycles. The molecule has 2 heterocycles. The molecule has 1 N–H and O–H groups in total. The fourth-order valence-corrected chi connectivity index (χ4v) is 4.53. The van der Waals surface area contributed by atoms with E-state index in [1.165, 1.54) is 19.2 Å². The van der Waals surface area contributed by atoms with Gasteiger partial charge in [-0.15, -0.1) is 0 Å². The number of non-ortho nitro benzene ring substituents is 1. The van der Waals surface area contributed by atoms with E-state index in [0.717, 1.165) is 0 Å². The number of esters is 1. The summed E-state index contributed by atoms with van der Waals surface area (Å²) in [6.45, 7) is 1.75. The maximum atomic E-state index is 12.8. The standard InChI is InChI=1S/C22H18Cl2N4O4/c1-11-17(22(29)32-3)18(12-5-4-6-16(9-12)28(30)31)19-20(26-27(2)21(19)25-11)13-7-14(23)10-15(24)8-13/h4-10,18,25H,1-3H3. The number of nitro benzene ring substituents is 1. The summed E-state index contributed by atoms with van der Waals surface area (Å²) in [4.78, 5) is 23.8. The number of ether oxygens (including phenoxy) is 1. The number of halogens is 2. The largest absolute Gasteiger partial charge is 0.466 e. The van der Waals surface area contributed by atoms with E-state index in [1.54, 1.807) is 49.0 Å². The lowest BCUT2D eigenvalue weighted by Crippen LogP contribution is -2.24. The van der Waals surface area contributed by atoms with Gasteiger partial charge in [0.05, 0.1) is 23.3 Å². The number of hydrogen-bond donors (Lipinski definition) is 1. The number of allylic oxidation sites excluding steroid dienone is 1. The molecule has 32 heavy (non-hydrogen) atoms.